The van der Waals surface area contributed by atoms with Crippen LogP contribution in [-0.2, 0) is 11.8 Å². The van der Waals surface area contributed by atoms with Gasteiger partial charge in [0.05, 0.1) is 5.39 Å². The van der Waals surface area contributed by atoms with Gasteiger partial charge in [0.15, 0.2) is 12.3 Å². The maximum absolute atomic E-state index is 12.2. The number of nitrogens with two attached hydrogens (primary N) is 1. The zero-order valence-electron chi connectivity index (χ0n) is 17.7. The van der Waals surface area contributed by atoms with E-state index in [4.69, 9.17) is 10.5 Å². The average molecular weight is 396 g/mol. The lowest BCUT2D eigenvalue weighted by atomic mass is 9.99. The molecule has 2 heterocycles. The number of pyridine rings is 1. The molecule has 0 bridgehead atoms. The van der Waals surface area contributed by atoms with E-state index in [0.29, 0.717) is 18.3 Å². The zero-order chi connectivity index (χ0) is 21.1. The number of ether oxygens (including phenoxy) is 1. The SMILES string of the molecule is Cc1cc(C)c2c(OCC(=O)NCC(N)c3ccc(C(C)C)cc3)nn(C)c2n1. The Balaban J connectivity index is 1.57. The van der Waals surface area contributed by atoms with Crippen LogP contribution in [0.3, 0.4) is 0 Å². The van der Waals surface area contributed by atoms with Crippen LogP contribution in [-0.4, -0.2) is 33.8 Å². The number of carbonyl (C=O) groups excluding carboxylic acids is 1. The van der Waals surface area contributed by atoms with Gasteiger partial charge in [-0.05, 0) is 42.5 Å². The van der Waals surface area contributed by atoms with Crippen molar-refractivity contribution < 1.29 is 9.53 Å². The first kappa shape index (κ1) is 20.8. The molecule has 0 radical (unpaired) electrons. The largest absolute Gasteiger partial charge is 0.466 e. The Morgan fingerprint density at radius 1 is 1.21 bits per heavy atom. The van der Waals surface area contributed by atoms with E-state index in [0.717, 1.165) is 27.9 Å². The summed E-state index contributed by atoms with van der Waals surface area (Å²) in [5.74, 6) is 0.648. The Kier molecular flexibility index (Phi) is 6.17. The van der Waals surface area contributed by atoms with E-state index in [-0.39, 0.29) is 18.6 Å². The van der Waals surface area contributed by atoms with E-state index in [1.54, 1.807) is 4.68 Å². The fraction of sp³-hybridized carbons (Fsp3) is 0.409. The molecule has 7 nitrogen and oxygen atoms in total. The number of rotatable bonds is 7. The van der Waals surface area contributed by atoms with E-state index in [2.05, 4.69) is 41.4 Å². The van der Waals surface area contributed by atoms with Crippen molar-refractivity contribution in [3.05, 3.63) is 52.7 Å². The molecule has 0 aliphatic heterocycles. The first-order chi connectivity index (χ1) is 13.8. The van der Waals surface area contributed by atoms with Gasteiger partial charge in [-0.25, -0.2) is 9.67 Å². The van der Waals surface area contributed by atoms with Crippen LogP contribution >= 0.6 is 0 Å². The number of amides is 1. The van der Waals surface area contributed by atoms with Gasteiger partial charge in [0.1, 0.15) is 0 Å². The molecule has 0 spiro atoms. The molecule has 1 unspecified atom stereocenters. The van der Waals surface area contributed by atoms with Crippen molar-refractivity contribution in [2.75, 3.05) is 13.2 Å². The highest BCUT2D eigenvalue weighted by atomic mass is 16.5. The van der Waals surface area contributed by atoms with Gasteiger partial charge in [0.25, 0.3) is 5.91 Å². The van der Waals surface area contributed by atoms with Crippen molar-refractivity contribution in [3.8, 4) is 5.88 Å². The van der Waals surface area contributed by atoms with Gasteiger partial charge in [-0.2, -0.15) is 0 Å². The summed E-state index contributed by atoms with van der Waals surface area (Å²) in [6.07, 6.45) is 0. The third-order valence-electron chi connectivity index (χ3n) is 4.98. The number of nitrogens with one attached hydrogen (secondary N) is 1. The number of nitrogens with zero attached hydrogens (tertiary/aromatic N) is 3. The number of aromatic nitrogens is 3. The Morgan fingerprint density at radius 2 is 1.86 bits per heavy atom. The Hall–Kier alpha value is -2.93. The number of hydrogen-bond acceptors (Lipinski definition) is 5. The molecule has 1 atom stereocenters. The van der Waals surface area contributed by atoms with E-state index >= 15 is 0 Å². The predicted molar refractivity (Wildman–Crippen MR) is 114 cm³/mol. The standard InChI is InChI=1S/C22H29N5O2/c1-13(2)16-6-8-17(9-7-16)18(23)11-24-19(28)12-29-22-20-14(3)10-15(4)25-21(20)27(5)26-22/h6-10,13,18H,11-12,23H2,1-5H3,(H,24,28). The van der Waals surface area contributed by atoms with E-state index < -0.39 is 0 Å². The number of carbonyl (C=O) groups is 1. The molecule has 0 aliphatic carbocycles. The summed E-state index contributed by atoms with van der Waals surface area (Å²) in [7, 11) is 1.81. The Morgan fingerprint density at radius 3 is 2.52 bits per heavy atom. The summed E-state index contributed by atoms with van der Waals surface area (Å²) < 4.78 is 7.34. The van der Waals surface area contributed by atoms with Crippen LogP contribution in [0.25, 0.3) is 11.0 Å². The first-order valence-corrected chi connectivity index (χ1v) is 9.82. The summed E-state index contributed by atoms with van der Waals surface area (Å²) in [5, 5.41) is 8.01. The second-order valence-corrected chi connectivity index (χ2v) is 7.73. The maximum atomic E-state index is 12.2. The smallest absolute Gasteiger partial charge is 0.258 e. The average Bonchev–Trinajstić information content (AvgIpc) is 3.00. The van der Waals surface area contributed by atoms with Crippen molar-refractivity contribution in [2.45, 2.75) is 39.7 Å². The lowest BCUT2D eigenvalue weighted by Crippen LogP contribution is -2.35. The third-order valence-corrected chi connectivity index (χ3v) is 4.98. The fourth-order valence-corrected chi connectivity index (χ4v) is 3.30. The molecule has 7 heteroatoms. The molecule has 3 N–H and O–H groups in total. The zero-order valence-corrected chi connectivity index (χ0v) is 17.7. The first-order valence-electron chi connectivity index (χ1n) is 9.82. The molecule has 1 amide bonds. The number of benzene rings is 1. The van der Waals surface area contributed by atoms with Crippen LogP contribution in [0.15, 0.2) is 30.3 Å². The van der Waals surface area contributed by atoms with E-state index in [1.165, 1.54) is 5.56 Å². The van der Waals surface area contributed by atoms with Gasteiger partial charge in [-0.1, -0.05) is 38.1 Å². The second kappa shape index (κ2) is 8.61. The summed E-state index contributed by atoms with van der Waals surface area (Å²) in [5.41, 5.74) is 11.1. The van der Waals surface area contributed by atoms with E-state index in [9.17, 15) is 4.79 Å². The molecule has 0 saturated heterocycles. The van der Waals surface area contributed by atoms with Crippen molar-refractivity contribution in [1.82, 2.24) is 20.1 Å². The lowest BCUT2D eigenvalue weighted by Gasteiger charge is -2.14. The molecule has 29 heavy (non-hydrogen) atoms. The maximum Gasteiger partial charge on any atom is 0.258 e. The summed E-state index contributed by atoms with van der Waals surface area (Å²) in [4.78, 5) is 16.7. The monoisotopic (exact) mass is 395 g/mol. The molecule has 0 aliphatic rings. The molecule has 0 fully saturated rings. The second-order valence-electron chi connectivity index (χ2n) is 7.73. The van der Waals surface area contributed by atoms with Gasteiger partial charge >= 0.3 is 0 Å². The minimum atomic E-state index is -0.273. The van der Waals surface area contributed by atoms with Crippen molar-refractivity contribution in [1.29, 1.82) is 0 Å². The molecular formula is C22H29N5O2. The van der Waals surface area contributed by atoms with Gasteiger partial charge < -0.3 is 15.8 Å². The Bertz CT molecular complexity index is 1010. The Labute approximate surface area is 171 Å². The molecule has 2 aromatic heterocycles. The molecule has 154 valence electrons. The third kappa shape index (κ3) is 4.74. The summed E-state index contributed by atoms with van der Waals surface area (Å²) >= 11 is 0. The van der Waals surface area contributed by atoms with Crippen molar-refractivity contribution in [3.63, 3.8) is 0 Å². The molecule has 3 rings (SSSR count). The van der Waals surface area contributed by atoms with Crippen LogP contribution < -0.4 is 15.8 Å². The molecule has 1 aromatic carbocycles. The summed E-state index contributed by atoms with van der Waals surface area (Å²) in [6.45, 7) is 8.43. The van der Waals surface area contributed by atoms with Crippen molar-refractivity contribution >= 4 is 16.9 Å². The number of fused-ring (bicyclic) bond motifs is 1. The van der Waals surface area contributed by atoms with Gasteiger partial charge in [0.2, 0.25) is 5.88 Å². The van der Waals surface area contributed by atoms with Gasteiger partial charge in [0, 0.05) is 25.3 Å². The molecule has 3 aromatic rings. The molecular weight excluding hydrogens is 366 g/mol. The quantitative estimate of drug-likeness (QED) is 0.641. The number of aryl methyl sites for hydroxylation is 3. The normalized spacial score (nSPS) is 12.4. The van der Waals surface area contributed by atoms with Crippen LogP contribution in [0.5, 0.6) is 5.88 Å². The minimum absolute atomic E-state index is 0.127. The van der Waals surface area contributed by atoms with Crippen LogP contribution in [0, 0.1) is 13.8 Å². The van der Waals surface area contributed by atoms with Gasteiger partial charge in [-0.3, -0.25) is 4.79 Å². The molecule has 0 saturated carbocycles. The number of hydrogen-bond donors (Lipinski definition) is 2. The van der Waals surface area contributed by atoms with E-state index in [1.807, 2.05) is 39.1 Å². The highest BCUT2D eigenvalue weighted by Crippen LogP contribution is 2.27. The highest BCUT2D eigenvalue weighted by Gasteiger charge is 2.16. The topological polar surface area (TPSA) is 95.1 Å². The minimum Gasteiger partial charge on any atom is -0.466 e. The highest BCUT2D eigenvalue weighted by molar-refractivity contribution is 5.85. The van der Waals surface area contributed by atoms with Crippen LogP contribution in [0.1, 0.15) is 48.2 Å². The fourth-order valence-electron chi connectivity index (χ4n) is 3.30. The van der Waals surface area contributed by atoms with Gasteiger partial charge in [-0.15, -0.1) is 5.10 Å². The van der Waals surface area contributed by atoms with Crippen LogP contribution in [0.4, 0.5) is 0 Å². The van der Waals surface area contributed by atoms with Crippen LogP contribution in [0.2, 0.25) is 0 Å². The summed E-state index contributed by atoms with van der Waals surface area (Å²) in [6, 6.07) is 9.89. The van der Waals surface area contributed by atoms with Crippen molar-refractivity contribution in [2.24, 2.45) is 12.8 Å². The lowest BCUT2D eigenvalue weighted by molar-refractivity contribution is -0.123. The predicted octanol–water partition coefficient (Wildman–Crippen LogP) is 2.90.